The minimum Gasteiger partial charge on any atom is -0.493 e. The van der Waals surface area contributed by atoms with Crippen LogP contribution in [-0.2, 0) is 4.74 Å². The summed E-state index contributed by atoms with van der Waals surface area (Å²) in [7, 11) is 3.02. The number of halogens is 2. The molecule has 0 aliphatic carbocycles. The van der Waals surface area contributed by atoms with Crippen LogP contribution in [0.2, 0.25) is 0 Å². The van der Waals surface area contributed by atoms with Crippen molar-refractivity contribution in [3.63, 3.8) is 0 Å². The standard InChI is InChI=1S/C12H16FNO3.ClH/c1-15-11-5-8(9(13)6-12(11)16-2)10-7-17-4-3-14-10;/h5-6,10,14H,3-4,7H2,1-2H3;1H/t10-;/m1./s1. The maximum absolute atomic E-state index is 13.9. The van der Waals surface area contributed by atoms with E-state index in [1.165, 1.54) is 20.3 Å². The SMILES string of the molecule is COc1cc(F)c([C@H]2COCCN2)cc1OC.Cl. The topological polar surface area (TPSA) is 39.7 Å². The third kappa shape index (κ3) is 3.04. The zero-order chi connectivity index (χ0) is 12.3. The predicted octanol–water partition coefficient (Wildman–Crippen LogP) is 1.93. The van der Waals surface area contributed by atoms with Crippen LogP contribution in [0.5, 0.6) is 11.5 Å². The highest BCUT2D eigenvalue weighted by Crippen LogP contribution is 2.32. The lowest BCUT2D eigenvalue weighted by atomic mass is 10.1. The Labute approximate surface area is 112 Å². The van der Waals surface area contributed by atoms with E-state index in [9.17, 15) is 4.39 Å². The van der Waals surface area contributed by atoms with Gasteiger partial charge in [0.15, 0.2) is 11.5 Å². The van der Waals surface area contributed by atoms with Crippen molar-refractivity contribution in [3.8, 4) is 11.5 Å². The van der Waals surface area contributed by atoms with Crippen LogP contribution in [0.3, 0.4) is 0 Å². The van der Waals surface area contributed by atoms with Crippen molar-refractivity contribution in [1.82, 2.24) is 5.32 Å². The Hall–Kier alpha value is -1.04. The zero-order valence-electron chi connectivity index (χ0n) is 10.4. The summed E-state index contributed by atoms with van der Waals surface area (Å²) in [5, 5.41) is 3.20. The van der Waals surface area contributed by atoms with Crippen molar-refractivity contribution >= 4 is 12.4 Å². The lowest BCUT2D eigenvalue weighted by molar-refractivity contribution is 0.0756. The molecule has 0 bridgehead atoms. The molecule has 102 valence electrons. The third-order valence-corrected chi connectivity index (χ3v) is 2.80. The quantitative estimate of drug-likeness (QED) is 0.916. The molecule has 0 spiro atoms. The highest BCUT2D eigenvalue weighted by Gasteiger charge is 2.21. The molecule has 0 radical (unpaired) electrons. The van der Waals surface area contributed by atoms with Crippen LogP contribution < -0.4 is 14.8 Å². The molecule has 0 saturated carbocycles. The van der Waals surface area contributed by atoms with E-state index >= 15 is 0 Å². The summed E-state index contributed by atoms with van der Waals surface area (Å²) < 4.78 is 29.4. The Kier molecular flexibility index (Phi) is 5.65. The Morgan fingerprint density at radius 2 is 1.94 bits per heavy atom. The highest BCUT2D eigenvalue weighted by atomic mass is 35.5. The lowest BCUT2D eigenvalue weighted by Gasteiger charge is -2.25. The fourth-order valence-corrected chi connectivity index (χ4v) is 1.90. The van der Waals surface area contributed by atoms with Crippen LogP contribution in [0.4, 0.5) is 4.39 Å². The largest absolute Gasteiger partial charge is 0.493 e. The number of hydrogen-bond donors (Lipinski definition) is 1. The summed E-state index contributed by atoms with van der Waals surface area (Å²) in [5.41, 5.74) is 0.544. The summed E-state index contributed by atoms with van der Waals surface area (Å²) >= 11 is 0. The average molecular weight is 278 g/mol. The highest BCUT2D eigenvalue weighted by molar-refractivity contribution is 5.85. The van der Waals surface area contributed by atoms with Crippen molar-refractivity contribution in [2.45, 2.75) is 6.04 Å². The first-order valence-electron chi connectivity index (χ1n) is 5.48. The van der Waals surface area contributed by atoms with Gasteiger partial charge in [-0.1, -0.05) is 0 Å². The molecular weight excluding hydrogens is 261 g/mol. The molecule has 6 heteroatoms. The molecule has 1 aliphatic heterocycles. The van der Waals surface area contributed by atoms with Gasteiger partial charge in [0, 0.05) is 18.2 Å². The normalized spacial score (nSPS) is 18.9. The number of ether oxygens (including phenoxy) is 3. The van der Waals surface area contributed by atoms with Crippen molar-refractivity contribution in [1.29, 1.82) is 0 Å². The van der Waals surface area contributed by atoms with Crippen LogP contribution in [0.15, 0.2) is 12.1 Å². The number of rotatable bonds is 3. The summed E-state index contributed by atoms with van der Waals surface area (Å²) in [6.45, 7) is 1.84. The number of methoxy groups -OCH3 is 2. The van der Waals surface area contributed by atoms with E-state index in [1.807, 2.05) is 0 Å². The average Bonchev–Trinajstić information content (AvgIpc) is 2.39. The summed E-state index contributed by atoms with van der Waals surface area (Å²) in [6, 6.07) is 2.86. The van der Waals surface area contributed by atoms with Gasteiger partial charge >= 0.3 is 0 Å². The van der Waals surface area contributed by atoms with E-state index in [1.54, 1.807) is 6.07 Å². The van der Waals surface area contributed by atoms with E-state index in [-0.39, 0.29) is 24.3 Å². The van der Waals surface area contributed by atoms with Crippen molar-refractivity contribution < 1.29 is 18.6 Å². The van der Waals surface area contributed by atoms with E-state index in [0.717, 1.165) is 6.54 Å². The Morgan fingerprint density at radius 3 is 2.50 bits per heavy atom. The smallest absolute Gasteiger partial charge is 0.163 e. The molecule has 1 atom stereocenters. The molecule has 1 aromatic rings. The first kappa shape index (κ1) is 15.0. The van der Waals surface area contributed by atoms with Gasteiger partial charge < -0.3 is 19.5 Å². The lowest BCUT2D eigenvalue weighted by Crippen LogP contribution is -2.35. The first-order valence-corrected chi connectivity index (χ1v) is 5.48. The van der Waals surface area contributed by atoms with Gasteiger partial charge in [-0.25, -0.2) is 4.39 Å². The van der Waals surface area contributed by atoms with Crippen molar-refractivity contribution in [2.24, 2.45) is 0 Å². The van der Waals surface area contributed by atoms with Crippen molar-refractivity contribution in [2.75, 3.05) is 34.0 Å². The van der Waals surface area contributed by atoms with Gasteiger partial charge in [-0.2, -0.15) is 0 Å². The van der Waals surface area contributed by atoms with Crippen LogP contribution >= 0.6 is 12.4 Å². The zero-order valence-corrected chi connectivity index (χ0v) is 11.2. The minimum atomic E-state index is -0.314. The maximum Gasteiger partial charge on any atom is 0.163 e. The number of hydrogen-bond acceptors (Lipinski definition) is 4. The molecule has 1 aliphatic rings. The second kappa shape index (κ2) is 6.78. The fourth-order valence-electron chi connectivity index (χ4n) is 1.90. The number of benzene rings is 1. The molecule has 2 rings (SSSR count). The number of morpholine rings is 1. The molecule has 1 fully saturated rings. The molecule has 0 amide bonds. The Bertz CT molecular complexity index is 397. The molecule has 18 heavy (non-hydrogen) atoms. The van der Waals surface area contributed by atoms with Crippen LogP contribution in [0.25, 0.3) is 0 Å². The second-order valence-corrected chi connectivity index (χ2v) is 3.81. The van der Waals surface area contributed by atoms with Crippen LogP contribution in [0, 0.1) is 5.82 Å². The first-order chi connectivity index (χ1) is 8.26. The van der Waals surface area contributed by atoms with Gasteiger partial charge in [0.05, 0.1) is 33.5 Å². The summed E-state index contributed by atoms with van der Waals surface area (Å²) in [6.07, 6.45) is 0. The van der Waals surface area contributed by atoms with Gasteiger partial charge in [-0.3, -0.25) is 0 Å². The van der Waals surface area contributed by atoms with E-state index < -0.39 is 0 Å². The van der Waals surface area contributed by atoms with Gasteiger partial charge in [0.2, 0.25) is 0 Å². The summed E-state index contributed by atoms with van der Waals surface area (Å²) in [5.74, 6) is 0.604. The van der Waals surface area contributed by atoms with Gasteiger partial charge in [-0.15, -0.1) is 12.4 Å². The van der Waals surface area contributed by atoms with E-state index in [4.69, 9.17) is 14.2 Å². The van der Waals surface area contributed by atoms with Crippen LogP contribution in [0.1, 0.15) is 11.6 Å². The molecule has 0 aromatic heterocycles. The summed E-state index contributed by atoms with van der Waals surface area (Å²) in [4.78, 5) is 0. The van der Waals surface area contributed by atoms with Crippen LogP contribution in [-0.4, -0.2) is 34.0 Å². The van der Waals surface area contributed by atoms with E-state index in [2.05, 4.69) is 5.32 Å². The monoisotopic (exact) mass is 277 g/mol. The van der Waals surface area contributed by atoms with Gasteiger partial charge in [0.25, 0.3) is 0 Å². The molecule has 0 unspecified atom stereocenters. The molecule has 4 nitrogen and oxygen atoms in total. The Morgan fingerprint density at radius 1 is 1.28 bits per heavy atom. The molecule has 1 saturated heterocycles. The van der Waals surface area contributed by atoms with Crippen molar-refractivity contribution in [3.05, 3.63) is 23.5 Å². The van der Waals surface area contributed by atoms with E-state index in [0.29, 0.717) is 30.3 Å². The Balaban J connectivity index is 0.00000162. The predicted molar refractivity (Wildman–Crippen MR) is 68.3 cm³/mol. The second-order valence-electron chi connectivity index (χ2n) is 3.81. The fraction of sp³-hybridized carbons (Fsp3) is 0.500. The molecule has 1 aromatic carbocycles. The maximum atomic E-state index is 13.9. The molecular formula is C12H17ClFNO3. The molecule has 1 N–H and O–H groups in total. The van der Waals surface area contributed by atoms with Gasteiger partial charge in [0.1, 0.15) is 5.82 Å². The third-order valence-electron chi connectivity index (χ3n) is 2.80. The molecule has 1 heterocycles. The number of nitrogens with one attached hydrogen (secondary N) is 1. The minimum absolute atomic E-state index is 0. The van der Waals surface area contributed by atoms with Gasteiger partial charge in [-0.05, 0) is 6.07 Å².